The van der Waals surface area contributed by atoms with Gasteiger partial charge in [-0.25, -0.2) is 0 Å². The van der Waals surface area contributed by atoms with Crippen molar-refractivity contribution < 1.29 is 9.47 Å². The van der Waals surface area contributed by atoms with Crippen LogP contribution in [0.15, 0.2) is 21.9 Å². The van der Waals surface area contributed by atoms with Gasteiger partial charge in [0.25, 0.3) is 0 Å². The lowest BCUT2D eigenvalue weighted by molar-refractivity contribution is -0.130. The fraction of sp³-hybridized carbons (Fsp3) is 0.636. The number of hydrogen-bond acceptors (Lipinski definition) is 4. The first-order valence-corrected chi connectivity index (χ1v) is 5.04. The van der Waals surface area contributed by atoms with Crippen LogP contribution in [-0.4, -0.2) is 30.9 Å². The molecule has 0 amide bonds. The van der Waals surface area contributed by atoms with E-state index in [2.05, 4.69) is 9.98 Å². The average molecular weight is 210 g/mol. The molecule has 0 bridgehead atoms. The van der Waals surface area contributed by atoms with Crippen LogP contribution in [-0.2, 0) is 9.47 Å². The first-order valence-electron chi connectivity index (χ1n) is 5.04. The van der Waals surface area contributed by atoms with E-state index in [0.717, 1.165) is 5.70 Å². The molecule has 0 aromatic rings. The van der Waals surface area contributed by atoms with Crippen LogP contribution in [0.3, 0.4) is 0 Å². The molecule has 1 saturated heterocycles. The highest BCUT2D eigenvalue weighted by Gasteiger charge is 2.31. The lowest BCUT2D eigenvalue weighted by atomic mass is 10.4. The van der Waals surface area contributed by atoms with E-state index in [1.807, 2.05) is 27.7 Å². The van der Waals surface area contributed by atoms with Gasteiger partial charge in [-0.2, -0.15) is 0 Å². The quantitative estimate of drug-likeness (QED) is 0.670. The molecule has 84 valence electrons. The number of allylic oxidation sites excluding steroid dienone is 1. The summed E-state index contributed by atoms with van der Waals surface area (Å²) >= 11 is 0. The maximum absolute atomic E-state index is 5.55. The molecule has 0 aromatic carbocycles. The van der Waals surface area contributed by atoms with Gasteiger partial charge >= 0.3 is 0 Å². The SMILES string of the molecule is C\C=N/C(C)=C\N=C\C1COC(C)(C)O1. The molecule has 1 heterocycles. The third kappa shape index (κ3) is 4.36. The number of aliphatic imine (C=N–C) groups is 2. The highest BCUT2D eigenvalue weighted by molar-refractivity contribution is 5.64. The minimum atomic E-state index is -0.489. The summed E-state index contributed by atoms with van der Waals surface area (Å²) in [7, 11) is 0. The Bertz CT molecular complexity index is 293. The lowest BCUT2D eigenvalue weighted by Gasteiger charge is -2.15. The van der Waals surface area contributed by atoms with Gasteiger partial charge in [0.15, 0.2) is 5.79 Å². The van der Waals surface area contributed by atoms with E-state index in [9.17, 15) is 0 Å². The Hall–Kier alpha value is -1.00. The number of nitrogens with zero attached hydrogens (tertiary/aromatic N) is 2. The zero-order valence-electron chi connectivity index (χ0n) is 9.73. The maximum Gasteiger partial charge on any atom is 0.163 e. The Kier molecular flexibility index (Phi) is 4.17. The van der Waals surface area contributed by atoms with Gasteiger partial charge in [0.2, 0.25) is 0 Å². The molecule has 0 spiro atoms. The van der Waals surface area contributed by atoms with Gasteiger partial charge < -0.3 is 9.47 Å². The summed E-state index contributed by atoms with van der Waals surface area (Å²) in [4.78, 5) is 8.20. The second-order valence-electron chi connectivity index (χ2n) is 3.82. The van der Waals surface area contributed by atoms with Gasteiger partial charge in [-0.1, -0.05) is 0 Å². The molecule has 1 unspecified atom stereocenters. The summed E-state index contributed by atoms with van der Waals surface area (Å²) in [6.07, 6.45) is 5.12. The van der Waals surface area contributed by atoms with Gasteiger partial charge in [-0.05, 0) is 27.7 Å². The van der Waals surface area contributed by atoms with Crippen LogP contribution in [0, 0.1) is 0 Å². The molecular formula is C11H18N2O2. The summed E-state index contributed by atoms with van der Waals surface area (Å²) in [6.45, 7) is 8.11. The molecule has 0 N–H and O–H groups in total. The third-order valence-corrected chi connectivity index (χ3v) is 1.88. The molecule has 0 saturated carbocycles. The molecule has 0 radical (unpaired) electrons. The van der Waals surface area contributed by atoms with E-state index in [1.165, 1.54) is 0 Å². The second-order valence-corrected chi connectivity index (χ2v) is 3.82. The maximum atomic E-state index is 5.55. The van der Waals surface area contributed by atoms with Crippen LogP contribution in [0.25, 0.3) is 0 Å². The Labute approximate surface area is 90.7 Å². The van der Waals surface area contributed by atoms with Crippen LogP contribution >= 0.6 is 0 Å². The van der Waals surface area contributed by atoms with Gasteiger partial charge in [0.1, 0.15) is 6.10 Å². The normalized spacial score (nSPS) is 26.9. The Morgan fingerprint density at radius 3 is 2.73 bits per heavy atom. The van der Waals surface area contributed by atoms with Crippen LogP contribution in [0.4, 0.5) is 0 Å². The summed E-state index contributed by atoms with van der Waals surface area (Å²) in [5.74, 6) is -0.489. The van der Waals surface area contributed by atoms with E-state index in [-0.39, 0.29) is 6.10 Å². The third-order valence-electron chi connectivity index (χ3n) is 1.88. The molecule has 4 heteroatoms. The zero-order valence-corrected chi connectivity index (χ0v) is 9.73. The Morgan fingerprint density at radius 1 is 1.47 bits per heavy atom. The standard InChI is InChI=1S/C11H18N2O2/c1-5-13-9(2)6-12-7-10-8-14-11(3,4)15-10/h5-7,10H,8H2,1-4H3/b9-6-,12-7+,13-5-. The van der Waals surface area contributed by atoms with Crippen LogP contribution in [0.1, 0.15) is 27.7 Å². The Morgan fingerprint density at radius 2 is 2.20 bits per heavy atom. The monoisotopic (exact) mass is 210 g/mol. The van der Waals surface area contributed by atoms with Crippen molar-refractivity contribution in [1.29, 1.82) is 0 Å². The van der Waals surface area contributed by atoms with Crippen molar-refractivity contribution in [1.82, 2.24) is 0 Å². The molecule has 1 aliphatic heterocycles. The van der Waals surface area contributed by atoms with E-state index >= 15 is 0 Å². The summed E-state index contributed by atoms with van der Waals surface area (Å²) in [5.41, 5.74) is 0.868. The summed E-state index contributed by atoms with van der Waals surface area (Å²) in [6, 6.07) is 0. The molecule has 4 nitrogen and oxygen atoms in total. The van der Waals surface area contributed by atoms with Crippen molar-refractivity contribution in [3.05, 3.63) is 11.9 Å². The molecule has 0 aromatic heterocycles. The van der Waals surface area contributed by atoms with E-state index in [1.54, 1.807) is 18.6 Å². The minimum absolute atomic E-state index is 0.0605. The second kappa shape index (κ2) is 5.19. The molecule has 1 fully saturated rings. The van der Waals surface area contributed by atoms with Crippen molar-refractivity contribution in [2.45, 2.75) is 39.6 Å². The fourth-order valence-electron chi connectivity index (χ4n) is 1.27. The van der Waals surface area contributed by atoms with Crippen molar-refractivity contribution in [3.63, 3.8) is 0 Å². The lowest BCUT2D eigenvalue weighted by Crippen LogP contribution is -2.21. The molecule has 1 rings (SSSR count). The number of rotatable bonds is 3. The summed E-state index contributed by atoms with van der Waals surface area (Å²) in [5, 5.41) is 0. The molecular weight excluding hydrogens is 192 g/mol. The zero-order chi connectivity index (χ0) is 11.3. The number of hydrogen-bond donors (Lipinski definition) is 0. The van der Waals surface area contributed by atoms with Gasteiger partial charge in [-0.3, -0.25) is 9.98 Å². The first kappa shape index (κ1) is 12.1. The molecule has 15 heavy (non-hydrogen) atoms. The van der Waals surface area contributed by atoms with Crippen molar-refractivity contribution in [2.24, 2.45) is 9.98 Å². The molecule has 0 aliphatic carbocycles. The van der Waals surface area contributed by atoms with E-state index in [4.69, 9.17) is 9.47 Å². The highest BCUT2D eigenvalue weighted by Crippen LogP contribution is 2.21. The highest BCUT2D eigenvalue weighted by atomic mass is 16.7. The van der Waals surface area contributed by atoms with Gasteiger partial charge in [-0.15, -0.1) is 0 Å². The van der Waals surface area contributed by atoms with E-state index < -0.39 is 5.79 Å². The Balaban J connectivity index is 2.43. The van der Waals surface area contributed by atoms with Crippen molar-refractivity contribution in [3.8, 4) is 0 Å². The predicted molar refractivity (Wildman–Crippen MR) is 61.3 cm³/mol. The summed E-state index contributed by atoms with van der Waals surface area (Å²) < 4.78 is 10.9. The number of ether oxygens (including phenoxy) is 2. The topological polar surface area (TPSA) is 43.2 Å². The minimum Gasteiger partial charge on any atom is -0.347 e. The predicted octanol–water partition coefficient (Wildman–Crippen LogP) is 2.16. The van der Waals surface area contributed by atoms with Gasteiger partial charge in [0.05, 0.1) is 12.3 Å². The van der Waals surface area contributed by atoms with Crippen LogP contribution < -0.4 is 0 Å². The van der Waals surface area contributed by atoms with Crippen LogP contribution in [0.5, 0.6) is 0 Å². The van der Waals surface area contributed by atoms with Crippen molar-refractivity contribution >= 4 is 12.4 Å². The van der Waals surface area contributed by atoms with Crippen molar-refractivity contribution in [2.75, 3.05) is 6.61 Å². The first-order chi connectivity index (χ1) is 7.03. The molecule has 1 aliphatic rings. The molecule has 1 atom stereocenters. The largest absolute Gasteiger partial charge is 0.347 e. The fourth-order valence-corrected chi connectivity index (χ4v) is 1.27. The van der Waals surface area contributed by atoms with Gasteiger partial charge in [0, 0.05) is 18.6 Å². The smallest absolute Gasteiger partial charge is 0.163 e. The van der Waals surface area contributed by atoms with E-state index in [0.29, 0.717) is 6.61 Å². The van der Waals surface area contributed by atoms with Crippen LogP contribution in [0.2, 0.25) is 0 Å². The average Bonchev–Trinajstić information content (AvgIpc) is 2.46.